The first kappa shape index (κ1) is 31.0. The fourth-order valence-corrected chi connectivity index (χ4v) is 5.57. The summed E-state index contributed by atoms with van der Waals surface area (Å²) in [4.78, 5) is 17.8. The van der Waals surface area contributed by atoms with Crippen LogP contribution in [-0.2, 0) is 21.3 Å². The van der Waals surface area contributed by atoms with Crippen molar-refractivity contribution in [2.24, 2.45) is 0 Å². The number of halogens is 2. The van der Waals surface area contributed by atoms with Crippen molar-refractivity contribution in [3.63, 3.8) is 0 Å². The minimum atomic E-state index is -4.46. The zero-order valence-corrected chi connectivity index (χ0v) is 25.8. The van der Waals surface area contributed by atoms with E-state index in [1.54, 1.807) is 51.1 Å². The van der Waals surface area contributed by atoms with Crippen LogP contribution in [0.4, 0.5) is 4.79 Å². The third kappa shape index (κ3) is 7.28. The van der Waals surface area contributed by atoms with Crippen molar-refractivity contribution in [3.8, 4) is 22.4 Å². The summed E-state index contributed by atoms with van der Waals surface area (Å²) in [6.07, 6.45) is -1.20. The minimum absolute atomic E-state index is 0.00274. The maximum atomic E-state index is 13.5. The van der Waals surface area contributed by atoms with Crippen LogP contribution in [0.3, 0.4) is 0 Å². The summed E-state index contributed by atoms with van der Waals surface area (Å²) in [6.45, 7) is 6.67. The fourth-order valence-electron chi connectivity index (χ4n) is 4.06. The smallest absolute Gasteiger partial charge is 0.431 e. The maximum Gasteiger partial charge on any atom is 0.431 e. The Morgan fingerprint density at radius 3 is 2.02 bits per heavy atom. The highest BCUT2D eigenvalue weighted by atomic mass is 35.5. The second-order valence-electron chi connectivity index (χ2n) is 10.4. The van der Waals surface area contributed by atoms with E-state index in [0.717, 1.165) is 16.7 Å². The number of aryl methyl sites for hydroxylation is 1. The Hall–Kier alpha value is -3.92. The number of ether oxygens (including phenoxy) is 1. The Kier molecular flexibility index (Phi) is 9.25. The topological polar surface area (TPSA) is 112 Å². The van der Waals surface area contributed by atoms with Crippen molar-refractivity contribution in [1.82, 2.24) is 14.6 Å². The number of carbonyl (C=O) groups is 1. The van der Waals surface area contributed by atoms with Crippen LogP contribution in [0.5, 0.6) is 0 Å². The van der Waals surface area contributed by atoms with Crippen molar-refractivity contribution in [2.75, 3.05) is 0 Å². The first-order valence-corrected chi connectivity index (χ1v) is 15.1. The van der Waals surface area contributed by atoms with E-state index in [1.165, 1.54) is 24.3 Å². The number of sulfonamides is 1. The molecular formula is C31H30Cl2N4O4S. The molecule has 0 spiro atoms. The van der Waals surface area contributed by atoms with E-state index in [2.05, 4.69) is 5.32 Å². The highest BCUT2D eigenvalue weighted by molar-refractivity contribution is 7.90. The molecule has 1 heterocycles. The number of benzene rings is 3. The lowest BCUT2D eigenvalue weighted by molar-refractivity contribution is 0.0460. The molecule has 218 valence electrons. The van der Waals surface area contributed by atoms with Crippen molar-refractivity contribution < 1.29 is 17.9 Å². The van der Waals surface area contributed by atoms with Gasteiger partial charge in [0.2, 0.25) is 5.96 Å². The number of aromatic nitrogens is 1. The van der Waals surface area contributed by atoms with Crippen LogP contribution in [-0.4, -0.2) is 35.4 Å². The standard InChI is InChI=1S/C31H30Cl2N4O4S/c1-20-23(18-27(21-10-14-24(32)15-11-21)28(36-20)22-12-16-25(33)17-13-22)19-35-29(34)37(30(38)41-31(2,3)4)42(39,40)26-8-6-5-7-9-26/h5-18H,19H2,1-4H3,(H2,34,35). The van der Waals surface area contributed by atoms with E-state index in [4.69, 9.17) is 38.3 Å². The van der Waals surface area contributed by atoms with Gasteiger partial charge in [0.15, 0.2) is 0 Å². The van der Waals surface area contributed by atoms with Gasteiger partial charge in [0.1, 0.15) is 5.60 Å². The van der Waals surface area contributed by atoms with Gasteiger partial charge in [0.25, 0.3) is 10.0 Å². The second-order valence-corrected chi connectivity index (χ2v) is 13.1. The van der Waals surface area contributed by atoms with Crippen molar-refractivity contribution in [2.45, 2.75) is 44.7 Å². The molecule has 11 heteroatoms. The quantitative estimate of drug-likeness (QED) is 0.168. The van der Waals surface area contributed by atoms with E-state index in [9.17, 15) is 13.2 Å². The Morgan fingerprint density at radius 1 is 0.929 bits per heavy atom. The average Bonchev–Trinajstić information content (AvgIpc) is 2.92. The number of amides is 1. The predicted molar refractivity (Wildman–Crippen MR) is 166 cm³/mol. The zero-order chi connectivity index (χ0) is 30.7. The molecule has 42 heavy (non-hydrogen) atoms. The number of nitrogens with zero attached hydrogens (tertiary/aromatic N) is 2. The van der Waals surface area contributed by atoms with Crippen LogP contribution in [0.25, 0.3) is 22.4 Å². The van der Waals surface area contributed by atoms with Crippen LogP contribution >= 0.6 is 23.2 Å². The van der Waals surface area contributed by atoms with Gasteiger partial charge in [-0.05, 0) is 81.3 Å². The molecule has 0 fully saturated rings. The molecule has 0 atom stereocenters. The number of hydrogen-bond acceptors (Lipinski definition) is 6. The number of pyridine rings is 1. The van der Waals surface area contributed by atoms with E-state index in [0.29, 0.717) is 31.3 Å². The molecule has 0 unspecified atom stereocenters. The normalized spacial score (nSPS) is 11.6. The molecule has 2 N–H and O–H groups in total. The number of guanidine groups is 1. The maximum absolute atomic E-state index is 13.5. The van der Waals surface area contributed by atoms with E-state index >= 15 is 0 Å². The van der Waals surface area contributed by atoms with Gasteiger partial charge in [-0.15, -0.1) is 4.31 Å². The summed E-state index contributed by atoms with van der Waals surface area (Å²) in [7, 11) is -4.46. The largest absolute Gasteiger partial charge is 0.443 e. The lowest BCUT2D eigenvalue weighted by Crippen LogP contribution is -2.49. The Morgan fingerprint density at radius 2 is 1.48 bits per heavy atom. The Labute approximate surface area is 255 Å². The number of rotatable bonds is 6. The highest BCUT2D eigenvalue weighted by Gasteiger charge is 2.36. The molecule has 4 aromatic rings. The average molecular weight is 626 g/mol. The second kappa shape index (κ2) is 12.5. The van der Waals surface area contributed by atoms with Gasteiger partial charge in [-0.3, -0.25) is 10.4 Å². The van der Waals surface area contributed by atoms with Crippen LogP contribution in [0.15, 0.2) is 89.8 Å². The summed E-state index contributed by atoms with van der Waals surface area (Å²) in [5.74, 6) is -0.665. The molecule has 8 nitrogen and oxygen atoms in total. The summed E-state index contributed by atoms with van der Waals surface area (Å²) in [5.41, 5.74) is 3.56. The number of carbonyl (C=O) groups excluding carboxylic acids is 1. The van der Waals surface area contributed by atoms with Gasteiger partial charge in [-0.2, -0.15) is 0 Å². The van der Waals surface area contributed by atoms with E-state index in [-0.39, 0.29) is 11.4 Å². The van der Waals surface area contributed by atoms with E-state index in [1.807, 2.05) is 37.3 Å². The monoisotopic (exact) mass is 624 g/mol. The van der Waals surface area contributed by atoms with E-state index < -0.39 is 27.7 Å². The molecule has 0 aliphatic carbocycles. The van der Waals surface area contributed by atoms with Crippen molar-refractivity contribution in [3.05, 3.63) is 106 Å². The number of nitrogens with one attached hydrogen (secondary N) is 2. The molecule has 0 saturated carbocycles. The molecular weight excluding hydrogens is 595 g/mol. The third-order valence-corrected chi connectivity index (χ3v) is 8.27. The van der Waals surface area contributed by atoms with Gasteiger partial charge in [0.05, 0.1) is 10.6 Å². The first-order chi connectivity index (χ1) is 19.8. The van der Waals surface area contributed by atoms with Gasteiger partial charge in [0, 0.05) is 33.4 Å². The molecule has 0 bridgehead atoms. The van der Waals surface area contributed by atoms with Crippen LogP contribution in [0, 0.1) is 12.3 Å². The SMILES string of the molecule is Cc1nc(-c2ccc(Cl)cc2)c(-c2ccc(Cl)cc2)cc1CNC(=N)N(C(=O)OC(C)(C)C)S(=O)(=O)c1ccccc1. The van der Waals surface area contributed by atoms with Gasteiger partial charge < -0.3 is 10.1 Å². The minimum Gasteiger partial charge on any atom is -0.443 e. The van der Waals surface area contributed by atoms with Gasteiger partial charge >= 0.3 is 6.09 Å². The predicted octanol–water partition coefficient (Wildman–Crippen LogP) is 7.68. The molecule has 0 radical (unpaired) electrons. The lowest BCUT2D eigenvalue weighted by atomic mass is 9.96. The number of hydrogen-bond donors (Lipinski definition) is 2. The van der Waals surface area contributed by atoms with Crippen molar-refractivity contribution in [1.29, 1.82) is 5.41 Å². The Bertz CT molecular complexity index is 1710. The zero-order valence-electron chi connectivity index (χ0n) is 23.5. The summed E-state index contributed by atoms with van der Waals surface area (Å²) in [5, 5.41) is 12.6. The molecule has 0 saturated heterocycles. The fraction of sp³-hybridized carbons (Fsp3) is 0.194. The molecule has 3 aromatic carbocycles. The van der Waals surface area contributed by atoms with Gasteiger partial charge in [-0.25, -0.2) is 13.2 Å². The first-order valence-electron chi connectivity index (χ1n) is 12.9. The third-order valence-electron chi connectivity index (χ3n) is 6.08. The molecule has 1 amide bonds. The molecule has 0 aliphatic rings. The highest BCUT2D eigenvalue weighted by Crippen LogP contribution is 2.33. The summed E-state index contributed by atoms with van der Waals surface area (Å²) < 4.78 is 32.7. The summed E-state index contributed by atoms with van der Waals surface area (Å²) >= 11 is 12.2. The Balaban J connectivity index is 1.71. The summed E-state index contributed by atoms with van der Waals surface area (Å²) in [6, 6.07) is 24.0. The lowest BCUT2D eigenvalue weighted by Gasteiger charge is -2.27. The van der Waals surface area contributed by atoms with Gasteiger partial charge in [-0.1, -0.05) is 65.7 Å². The molecule has 4 rings (SSSR count). The van der Waals surface area contributed by atoms with Crippen LogP contribution in [0.2, 0.25) is 10.0 Å². The molecule has 1 aromatic heterocycles. The van der Waals surface area contributed by atoms with Crippen LogP contribution in [0.1, 0.15) is 32.0 Å². The van der Waals surface area contributed by atoms with Crippen molar-refractivity contribution >= 4 is 45.3 Å². The molecule has 0 aliphatic heterocycles. The van der Waals surface area contributed by atoms with Crippen LogP contribution < -0.4 is 5.32 Å².